The number of sulfone groups is 1. The smallest absolute Gasteiger partial charge is 0.185 e. The lowest BCUT2D eigenvalue weighted by molar-refractivity contribution is 0.0980. The minimum atomic E-state index is -3.76. The van der Waals surface area contributed by atoms with Gasteiger partial charge < -0.3 is 4.74 Å². The summed E-state index contributed by atoms with van der Waals surface area (Å²) in [5, 5.41) is -0.959. The first-order valence-electron chi connectivity index (χ1n) is 8.53. The molecule has 3 rings (SSSR count). The van der Waals surface area contributed by atoms with E-state index in [-0.39, 0.29) is 17.1 Å². The van der Waals surface area contributed by atoms with Crippen LogP contribution >= 0.6 is 0 Å². The van der Waals surface area contributed by atoms with Gasteiger partial charge in [0.2, 0.25) is 0 Å². The molecule has 5 heteroatoms. The van der Waals surface area contributed by atoms with Gasteiger partial charge in [-0.15, -0.1) is 0 Å². The zero-order valence-corrected chi connectivity index (χ0v) is 15.7. The van der Waals surface area contributed by atoms with Crippen LogP contribution in [0.15, 0.2) is 89.8 Å². The second kappa shape index (κ2) is 8.18. The normalized spacial score (nSPS) is 12.3. The van der Waals surface area contributed by atoms with E-state index in [1.165, 1.54) is 19.2 Å². The fraction of sp³-hybridized carbons (Fsp3) is 0.136. The van der Waals surface area contributed by atoms with Crippen molar-refractivity contribution in [3.05, 3.63) is 96.1 Å². The molecule has 0 aliphatic carbocycles. The Morgan fingerprint density at radius 2 is 1.41 bits per heavy atom. The van der Waals surface area contributed by atoms with Crippen LogP contribution in [0.1, 0.15) is 27.6 Å². The molecule has 1 atom stereocenters. The van der Waals surface area contributed by atoms with E-state index in [0.717, 1.165) is 0 Å². The quantitative estimate of drug-likeness (QED) is 0.567. The maximum absolute atomic E-state index is 13.3. The molecule has 0 saturated carbocycles. The topological polar surface area (TPSA) is 60.4 Å². The van der Waals surface area contributed by atoms with Gasteiger partial charge in [0.05, 0.1) is 17.3 Å². The fourth-order valence-electron chi connectivity index (χ4n) is 2.91. The van der Waals surface area contributed by atoms with Gasteiger partial charge in [0.15, 0.2) is 15.6 Å². The van der Waals surface area contributed by atoms with Gasteiger partial charge in [-0.1, -0.05) is 60.7 Å². The predicted octanol–water partition coefficient (Wildman–Crippen LogP) is 4.48. The zero-order valence-electron chi connectivity index (χ0n) is 14.9. The highest BCUT2D eigenvalue weighted by Crippen LogP contribution is 2.33. The van der Waals surface area contributed by atoms with Crippen LogP contribution < -0.4 is 4.74 Å². The number of hydrogen-bond donors (Lipinski definition) is 0. The molecule has 138 valence electrons. The van der Waals surface area contributed by atoms with Crippen molar-refractivity contribution < 1.29 is 17.9 Å². The van der Waals surface area contributed by atoms with E-state index in [4.69, 9.17) is 4.74 Å². The molecule has 0 fully saturated rings. The molecule has 0 aliphatic rings. The minimum absolute atomic E-state index is 0.123. The van der Waals surface area contributed by atoms with Crippen LogP contribution in [0, 0.1) is 0 Å². The van der Waals surface area contributed by atoms with Crippen LogP contribution in [0.5, 0.6) is 5.75 Å². The van der Waals surface area contributed by atoms with Gasteiger partial charge in [-0.05, 0) is 29.8 Å². The van der Waals surface area contributed by atoms with E-state index in [2.05, 4.69) is 0 Å². The lowest BCUT2D eigenvalue weighted by atomic mass is 10.0. The van der Waals surface area contributed by atoms with E-state index in [9.17, 15) is 13.2 Å². The first-order chi connectivity index (χ1) is 13.0. The van der Waals surface area contributed by atoms with Crippen LogP contribution in [0.2, 0.25) is 0 Å². The molecule has 0 heterocycles. The Morgan fingerprint density at radius 3 is 1.96 bits per heavy atom. The molecule has 0 saturated heterocycles. The van der Waals surface area contributed by atoms with Gasteiger partial charge in [0.25, 0.3) is 0 Å². The number of methoxy groups -OCH3 is 1. The maximum Gasteiger partial charge on any atom is 0.185 e. The fourth-order valence-corrected chi connectivity index (χ4v) is 4.64. The second-order valence-corrected chi connectivity index (χ2v) is 8.24. The number of hydrogen-bond acceptors (Lipinski definition) is 4. The molecule has 0 unspecified atom stereocenters. The highest BCUT2D eigenvalue weighted by molar-refractivity contribution is 7.91. The molecule has 0 radical (unpaired) electrons. The van der Waals surface area contributed by atoms with E-state index >= 15 is 0 Å². The lowest BCUT2D eigenvalue weighted by Gasteiger charge is -2.18. The second-order valence-electron chi connectivity index (χ2n) is 6.11. The first kappa shape index (κ1) is 18.9. The number of rotatable bonds is 7. The highest BCUT2D eigenvalue weighted by Gasteiger charge is 2.31. The number of carbonyl (C=O) groups is 1. The lowest BCUT2D eigenvalue weighted by Crippen LogP contribution is -2.18. The van der Waals surface area contributed by atoms with Crippen LogP contribution in [-0.2, 0) is 9.84 Å². The van der Waals surface area contributed by atoms with Crippen molar-refractivity contribution in [3.8, 4) is 5.75 Å². The summed E-state index contributed by atoms with van der Waals surface area (Å²) in [6, 6.07) is 23.8. The highest BCUT2D eigenvalue weighted by atomic mass is 32.2. The van der Waals surface area contributed by atoms with Crippen LogP contribution in [0.25, 0.3) is 0 Å². The Kier molecular flexibility index (Phi) is 5.72. The summed E-state index contributed by atoms with van der Waals surface area (Å²) >= 11 is 0. The third-order valence-electron chi connectivity index (χ3n) is 4.40. The zero-order chi connectivity index (χ0) is 19.3. The van der Waals surface area contributed by atoms with Crippen molar-refractivity contribution >= 4 is 15.6 Å². The standard InChI is InChI=1S/C22H20O4S/c1-26-19-12-14-20(15-13-19)27(24,25)22(18-10-6-3-7-11-18)16-21(23)17-8-4-2-5-9-17/h2-15,22H,16H2,1H3/t22-/m1/s1. The van der Waals surface area contributed by atoms with Crippen LogP contribution in [-0.4, -0.2) is 21.3 Å². The largest absolute Gasteiger partial charge is 0.497 e. The molecule has 3 aromatic carbocycles. The van der Waals surface area contributed by atoms with Crippen molar-refractivity contribution in [1.29, 1.82) is 0 Å². The molecule has 27 heavy (non-hydrogen) atoms. The Labute approximate surface area is 159 Å². The molecule has 0 bridgehead atoms. The van der Waals surface area contributed by atoms with Gasteiger partial charge in [0, 0.05) is 12.0 Å². The molecule has 0 aliphatic heterocycles. The SMILES string of the molecule is COc1ccc(S(=O)(=O)[C@H](CC(=O)c2ccccc2)c2ccccc2)cc1. The van der Waals surface area contributed by atoms with E-state index in [1.807, 2.05) is 12.1 Å². The van der Waals surface area contributed by atoms with E-state index < -0.39 is 15.1 Å². The Balaban J connectivity index is 2.00. The van der Waals surface area contributed by atoms with Crippen LogP contribution in [0.4, 0.5) is 0 Å². The molecule has 0 spiro atoms. The average Bonchev–Trinajstić information content (AvgIpc) is 2.73. The average molecular weight is 380 g/mol. The van der Waals surface area contributed by atoms with Crippen molar-refractivity contribution in [2.45, 2.75) is 16.6 Å². The monoisotopic (exact) mass is 380 g/mol. The molecule has 4 nitrogen and oxygen atoms in total. The summed E-state index contributed by atoms with van der Waals surface area (Å²) < 4.78 is 31.7. The first-order valence-corrected chi connectivity index (χ1v) is 10.1. The van der Waals surface area contributed by atoms with Gasteiger partial charge in [-0.3, -0.25) is 4.79 Å². The third kappa shape index (κ3) is 4.26. The van der Waals surface area contributed by atoms with Gasteiger partial charge in [0.1, 0.15) is 5.75 Å². The number of carbonyl (C=O) groups excluding carboxylic acids is 1. The summed E-state index contributed by atoms with van der Waals surface area (Å²) in [7, 11) is -2.24. The van der Waals surface area contributed by atoms with Crippen molar-refractivity contribution in [2.24, 2.45) is 0 Å². The predicted molar refractivity (Wildman–Crippen MR) is 105 cm³/mol. The number of ketones is 1. The van der Waals surface area contributed by atoms with E-state index in [1.54, 1.807) is 60.7 Å². The Morgan fingerprint density at radius 1 is 0.852 bits per heavy atom. The molecule has 3 aromatic rings. The minimum Gasteiger partial charge on any atom is -0.497 e. The van der Waals surface area contributed by atoms with Crippen LogP contribution in [0.3, 0.4) is 0 Å². The molecule has 0 aromatic heterocycles. The molecular formula is C22H20O4S. The summed E-state index contributed by atoms with van der Waals surface area (Å²) in [5.41, 5.74) is 1.10. The summed E-state index contributed by atoms with van der Waals surface area (Å²) in [6.07, 6.45) is -0.123. The number of benzene rings is 3. The third-order valence-corrected chi connectivity index (χ3v) is 6.52. The maximum atomic E-state index is 13.3. The van der Waals surface area contributed by atoms with Gasteiger partial charge >= 0.3 is 0 Å². The summed E-state index contributed by atoms with van der Waals surface area (Å²) in [5.74, 6) is 0.368. The number of ether oxygens (including phenoxy) is 1. The molecule has 0 N–H and O–H groups in total. The van der Waals surface area contributed by atoms with Crippen molar-refractivity contribution in [1.82, 2.24) is 0 Å². The summed E-state index contributed by atoms with van der Waals surface area (Å²) in [4.78, 5) is 12.9. The molecular weight excluding hydrogens is 360 g/mol. The molecule has 0 amide bonds. The van der Waals surface area contributed by atoms with E-state index in [0.29, 0.717) is 16.9 Å². The Bertz CT molecular complexity index is 995. The van der Waals surface area contributed by atoms with Gasteiger partial charge in [-0.25, -0.2) is 8.42 Å². The van der Waals surface area contributed by atoms with Crippen molar-refractivity contribution in [3.63, 3.8) is 0 Å². The van der Waals surface area contributed by atoms with Crippen molar-refractivity contribution in [2.75, 3.05) is 7.11 Å². The number of Topliss-reactive ketones (excluding diaryl/α,β-unsaturated/α-hetero) is 1. The Hall–Kier alpha value is -2.92. The summed E-state index contributed by atoms with van der Waals surface area (Å²) in [6.45, 7) is 0. The van der Waals surface area contributed by atoms with Gasteiger partial charge in [-0.2, -0.15) is 0 Å².